The van der Waals surface area contributed by atoms with E-state index < -0.39 is 0 Å². The molecule has 0 amide bonds. The fourth-order valence-electron chi connectivity index (χ4n) is 3.03. The highest BCUT2D eigenvalue weighted by atomic mass is 16.5. The Kier molecular flexibility index (Phi) is 4.94. The third kappa shape index (κ3) is 3.31. The van der Waals surface area contributed by atoms with Gasteiger partial charge in [0.1, 0.15) is 11.4 Å². The quantitative estimate of drug-likeness (QED) is 0.494. The molecule has 0 saturated carbocycles. The molecule has 0 aliphatic rings. The van der Waals surface area contributed by atoms with Crippen molar-refractivity contribution in [3.8, 4) is 34.7 Å². The van der Waals surface area contributed by atoms with Crippen molar-refractivity contribution in [2.24, 2.45) is 0 Å². The van der Waals surface area contributed by atoms with Crippen molar-refractivity contribution in [2.75, 3.05) is 20.8 Å². The van der Waals surface area contributed by atoms with E-state index in [1.807, 2.05) is 26.0 Å². The van der Waals surface area contributed by atoms with Crippen LogP contribution < -0.4 is 14.2 Å². The molecule has 0 unspecified atom stereocenters. The second-order valence-electron chi connectivity index (χ2n) is 6.09. The molecule has 4 aromatic rings. The zero-order chi connectivity index (χ0) is 20.4. The molecule has 29 heavy (non-hydrogen) atoms. The lowest BCUT2D eigenvalue weighted by Gasteiger charge is -2.15. The third-order valence-corrected chi connectivity index (χ3v) is 4.23. The molecule has 4 rings (SSSR count). The monoisotopic (exact) mass is 392 g/mol. The van der Waals surface area contributed by atoms with Gasteiger partial charge in [0.05, 0.1) is 32.7 Å². The summed E-state index contributed by atoms with van der Waals surface area (Å²) >= 11 is 0. The van der Waals surface area contributed by atoms with Crippen LogP contribution in [0.5, 0.6) is 17.5 Å². The Labute approximate surface area is 167 Å². The van der Waals surface area contributed by atoms with Gasteiger partial charge in [-0.25, -0.2) is 24.9 Å². The lowest BCUT2D eigenvalue weighted by Crippen LogP contribution is -2.06. The minimum Gasteiger partial charge on any atom is -0.494 e. The summed E-state index contributed by atoms with van der Waals surface area (Å²) in [5, 5.41) is 0. The molecule has 0 aliphatic carbocycles. The fraction of sp³-hybridized carbons (Fsp3) is 0.250. The van der Waals surface area contributed by atoms with Crippen molar-refractivity contribution in [1.29, 1.82) is 0 Å². The molecule has 0 atom stereocenters. The first-order valence-electron chi connectivity index (χ1n) is 9.06. The summed E-state index contributed by atoms with van der Waals surface area (Å²) in [5.74, 6) is 1.96. The smallest absolute Gasteiger partial charge is 0.242 e. The topological polar surface area (TPSA) is 97.1 Å². The van der Waals surface area contributed by atoms with E-state index in [1.54, 1.807) is 43.3 Å². The van der Waals surface area contributed by atoms with Gasteiger partial charge < -0.3 is 14.2 Å². The third-order valence-electron chi connectivity index (χ3n) is 4.23. The van der Waals surface area contributed by atoms with Crippen LogP contribution in [0, 0.1) is 6.92 Å². The second-order valence-corrected chi connectivity index (χ2v) is 6.09. The van der Waals surface area contributed by atoms with Crippen molar-refractivity contribution in [2.45, 2.75) is 13.8 Å². The molecule has 0 bridgehead atoms. The molecule has 0 N–H and O–H groups in total. The van der Waals surface area contributed by atoms with Crippen LogP contribution in [-0.4, -0.2) is 50.3 Å². The number of imidazole rings is 1. The lowest BCUT2D eigenvalue weighted by atomic mass is 10.3. The average molecular weight is 392 g/mol. The maximum absolute atomic E-state index is 5.58. The van der Waals surface area contributed by atoms with Gasteiger partial charge in [0.15, 0.2) is 22.8 Å². The van der Waals surface area contributed by atoms with Crippen LogP contribution in [0.25, 0.3) is 28.5 Å². The van der Waals surface area contributed by atoms with Gasteiger partial charge >= 0.3 is 0 Å². The van der Waals surface area contributed by atoms with E-state index in [1.165, 1.54) is 0 Å². The Morgan fingerprint density at radius 2 is 1.86 bits per heavy atom. The van der Waals surface area contributed by atoms with Gasteiger partial charge in [-0.05, 0) is 19.9 Å². The van der Waals surface area contributed by atoms with E-state index in [4.69, 9.17) is 14.2 Å². The van der Waals surface area contributed by atoms with Crippen molar-refractivity contribution in [3.05, 3.63) is 42.4 Å². The number of hydrogen-bond acceptors (Lipinski definition) is 8. The van der Waals surface area contributed by atoms with E-state index in [-0.39, 0.29) is 0 Å². The van der Waals surface area contributed by atoms with Crippen molar-refractivity contribution < 1.29 is 14.2 Å². The van der Waals surface area contributed by atoms with E-state index >= 15 is 0 Å². The van der Waals surface area contributed by atoms with Gasteiger partial charge in [0, 0.05) is 18.3 Å². The van der Waals surface area contributed by atoms with Crippen molar-refractivity contribution >= 4 is 11.3 Å². The second kappa shape index (κ2) is 7.70. The summed E-state index contributed by atoms with van der Waals surface area (Å²) in [6, 6.07) is 7.26. The molecular weight excluding hydrogens is 372 g/mol. The van der Waals surface area contributed by atoms with E-state index in [9.17, 15) is 0 Å². The predicted octanol–water partition coefficient (Wildman–Crippen LogP) is 3.00. The summed E-state index contributed by atoms with van der Waals surface area (Å²) in [6.45, 7) is 4.29. The predicted molar refractivity (Wildman–Crippen MR) is 107 cm³/mol. The van der Waals surface area contributed by atoms with Gasteiger partial charge in [-0.3, -0.25) is 4.57 Å². The fourth-order valence-corrected chi connectivity index (χ4v) is 3.03. The molecule has 0 saturated heterocycles. The lowest BCUT2D eigenvalue weighted by molar-refractivity contribution is 0.327. The first-order chi connectivity index (χ1) is 14.2. The van der Waals surface area contributed by atoms with E-state index in [0.717, 1.165) is 5.69 Å². The maximum Gasteiger partial charge on any atom is 0.242 e. The first-order valence-corrected chi connectivity index (χ1v) is 9.06. The normalized spacial score (nSPS) is 10.9. The molecular formula is C20H20N6O3. The van der Waals surface area contributed by atoms with Gasteiger partial charge in [-0.15, -0.1) is 0 Å². The molecule has 0 aromatic carbocycles. The molecule has 0 radical (unpaired) electrons. The zero-order valence-corrected chi connectivity index (χ0v) is 16.6. The van der Waals surface area contributed by atoms with Crippen LogP contribution >= 0.6 is 0 Å². The Morgan fingerprint density at radius 3 is 2.62 bits per heavy atom. The highest BCUT2D eigenvalue weighted by Gasteiger charge is 2.24. The minimum absolute atomic E-state index is 0.370. The van der Waals surface area contributed by atoms with Crippen LogP contribution in [0.2, 0.25) is 0 Å². The molecule has 9 heteroatoms. The first kappa shape index (κ1) is 18.6. The number of aromatic nitrogens is 6. The maximum atomic E-state index is 5.58. The summed E-state index contributed by atoms with van der Waals surface area (Å²) in [4.78, 5) is 22.7. The number of methoxy groups -OCH3 is 2. The highest BCUT2D eigenvalue weighted by Crippen LogP contribution is 2.36. The standard InChI is InChI=1S/C20H20N6O3/c1-5-29-15-8-6-7-13(24-15)18-25-17-19(23-12(2)11-22-17)26(18)16-14(27-3)9-10-21-20(16)28-4/h6-11H,5H2,1-4H3. The summed E-state index contributed by atoms with van der Waals surface area (Å²) in [7, 11) is 3.14. The molecule has 0 aliphatic heterocycles. The van der Waals surface area contributed by atoms with Crippen molar-refractivity contribution in [1.82, 2.24) is 29.5 Å². The number of pyridine rings is 2. The molecule has 148 valence electrons. The number of nitrogens with zero attached hydrogens (tertiary/aromatic N) is 6. The number of rotatable bonds is 6. The Hall–Kier alpha value is -3.75. The molecule has 4 aromatic heterocycles. The Balaban J connectivity index is 2.07. The zero-order valence-electron chi connectivity index (χ0n) is 16.6. The largest absolute Gasteiger partial charge is 0.494 e. The number of aryl methyl sites for hydroxylation is 1. The number of hydrogen-bond donors (Lipinski definition) is 0. The molecule has 4 heterocycles. The number of ether oxygens (including phenoxy) is 3. The van der Waals surface area contributed by atoms with Crippen LogP contribution in [0.1, 0.15) is 12.6 Å². The van der Waals surface area contributed by atoms with Gasteiger partial charge in [0.2, 0.25) is 11.8 Å². The van der Waals surface area contributed by atoms with Gasteiger partial charge in [-0.2, -0.15) is 0 Å². The molecule has 0 spiro atoms. The summed E-state index contributed by atoms with van der Waals surface area (Å²) < 4.78 is 18.5. The minimum atomic E-state index is 0.370. The van der Waals surface area contributed by atoms with Gasteiger partial charge in [-0.1, -0.05) is 6.07 Å². The molecule has 9 nitrogen and oxygen atoms in total. The number of fused-ring (bicyclic) bond motifs is 1. The average Bonchev–Trinajstić information content (AvgIpc) is 3.11. The van der Waals surface area contributed by atoms with Crippen LogP contribution in [0.3, 0.4) is 0 Å². The SMILES string of the molecule is CCOc1cccc(-c2nc3ncc(C)nc3n2-c2c(OC)ccnc2OC)n1. The van der Waals surface area contributed by atoms with Crippen molar-refractivity contribution in [3.63, 3.8) is 0 Å². The van der Waals surface area contributed by atoms with Crippen LogP contribution in [0.15, 0.2) is 36.7 Å². The Bertz CT molecular complexity index is 1150. The van der Waals surface area contributed by atoms with Crippen LogP contribution in [0.4, 0.5) is 0 Å². The van der Waals surface area contributed by atoms with E-state index in [2.05, 4.69) is 24.9 Å². The highest BCUT2D eigenvalue weighted by molar-refractivity contribution is 5.78. The Morgan fingerprint density at radius 1 is 1.00 bits per heavy atom. The van der Waals surface area contributed by atoms with E-state index in [0.29, 0.717) is 52.6 Å². The molecule has 0 fully saturated rings. The summed E-state index contributed by atoms with van der Waals surface area (Å²) in [6.07, 6.45) is 3.29. The van der Waals surface area contributed by atoms with Crippen LogP contribution in [-0.2, 0) is 0 Å². The summed E-state index contributed by atoms with van der Waals surface area (Å²) in [5.41, 5.74) is 2.94. The van der Waals surface area contributed by atoms with Gasteiger partial charge in [0.25, 0.3) is 0 Å².